The fourth-order valence-corrected chi connectivity index (χ4v) is 2.13. The van der Waals surface area contributed by atoms with Gasteiger partial charge in [0.2, 0.25) is 0 Å². The van der Waals surface area contributed by atoms with Gasteiger partial charge < -0.3 is 0 Å². The minimum absolute atomic E-state index is 0.633. The summed E-state index contributed by atoms with van der Waals surface area (Å²) in [5.74, 6) is 0. The lowest BCUT2D eigenvalue weighted by Crippen LogP contribution is -2.21. The summed E-state index contributed by atoms with van der Waals surface area (Å²) >= 11 is 0. The largest absolute Gasteiger partial charge is 0.196 e. The van der Waals surface area contributed by atoms with Crippen molar-refractivity contribution in [1.82, 2.24) is 0 Å². The van der Waals surface area contributed by atoms with Crippen LogP contribution in [-0.2, 0) is 5.41 Å². The molecular formula is C16H20N2. The molecule has 0 N–H and O–H groups in total. The van der Waals surface area contributed by atoms with Gasteiger partial charge in [-0.1, -0.05) is 69.4 Å². The molecule has 1 aromatic rings. The Balaban J connectivity index is 2.66. The van der Waals surface area contributed by atoms with Crippen LogP contribution >= 0.6 is 0 Å². The molecule has 0 saturated heterocycles. The van der Waals surface area contributed by atoms with E-state index < -0.39 is 5.41 Å². The Morgan fingerprint density at radius 2 is 1.56 bits per heavy atom. The zero-order valence-corrected chi connectivity index (χ0v) is 11.0. The number of nitrogens with zero attached hydrogens (tertiary/aromatic N) is 2. The number of benzene rings is 1. The van der Waals surface area contributed by atoms with Crippen LogP contribution in [0, 0.1) is 22.7 Å². The summed E-state index contributed by atoms with van der Waals surface area (Å²) in [7, 11) is 0. The second-order valence-electron chi connectivity index (χ2n) is 4.66. The van der Waals surface area contributed by atoms with E-state index in [0.717, 1.165) is 18.4 Å². The summed E-state index contributed by atoms with van der Waals surface area (Å²) in [6.45, 7) is 2.18. The average Bonchev–Trinajstić information content (AvgIpc) is 2.44. The summed E-state index contributed by atoms with van der Waals surface area (Å²) in [5.41, 5.74) is -0.140. The molecule has 0 bridgehead atoms. The zero-order valence-electron chi connectivity index (χ0n) is 11.0. The highest BCUT2D eigenvalue weighted by Gasteiger charge is 2.31. The van der Waals surface area contributed by atoms with Crippen molar-refractivity contribution < 1.29 is 0 Å². The van der Waals surface area contributed by atoms with Crippen LogP contribution in [0.5, 0.6) is 0 Å². The molecule has 0 fully saturated rings. The molecule has 0 aliphatic carbocycles. The van der Waals surface area contributed by atoms with Gasteiger partial charge in [-0.25, -0.2) is 0 Å². The molecule has 1 rings (SSSR count). The highest BCUT2D eigenvalue weighted by Crippen LogP contribution is 2.29. The van der Waals surface area contributed by atoms with E-state index >= 15 is 0 Å². The number of rotatable bonds is 7. The van der Waals surface area contributed by atoms with E-state index in [-0.39, 0.29) is 0 Å². The smallest absolute Gasteiger partial charge is 0.168 e. The first-order chi connectivity index (χ1) is 8.79. The molecule has 2 heteroatoms. The lowest BCUT2D eigenvalue weighted by atomic mass is 9.79. The van der Waals surface area contributed by atoms with Gasteiger partial charge in [-0.3, -0.25) is 0 Å². The minimum Gasteiger partial charge on any atom is -0.196 e. The maximum absolute atomic E-state index is 9.36. The Bertz CT molecular complexity index is 409. The summed E-state index contributed by atoms with van der Waals surface area (Å²) in [6, 6.07) is 13.8. The molecule has 0 spiro atoms. The summed E-state index contributed by atoms with van der Waals surface area (Å²) in [6.07, 6.45) is 6.31. The van der Waals surface area contributed by atoms with Crippen molar-refractivity contribution in [2.24, 2.45) is 0 Å². The van der Waals surface area contributed by atoms with Gasteiger partial charge in [0.1, 0.15) is 0 Å². The van der Waals surface area contributed by atoms with Crippen LogP contribution in [0.25, 0.3) is 0 Å². The van der Waals surface area contributed by atoms with Gasteiger partial charge >= 0.3 is 0 Å². The zero-order chi connectivity index (χ0) is 13.3. The molecule has 0 aromatic heterocycles. The van der Waals surface area contributed by atoms with Crippen molar-refractivity contribution in [2.75, 3.05) is 0 Å². The molecule has 1 aromatic carbocycles. The molecular weight excluding hydrogens is 220 g/mol. The van der Waals surface area contributed by atoms with E-state index in [0.29, 0.717) is 6.42 Å². The van der Waals surface area contributed by atoms with E-state index in [9.17, 15) is 10.5 Å². The van der Waals surface area contributed by atoms with Gasteiger partial charge in [0.25, 0.3) is 0 Å². The molecule has 0 radical (unpaired) electrons. The Hall–Kier alpha value is -1.80. The summed E-state index contributed by atoms with van der Waals surface area (Å²) < 4.78 is 0. The summed E-state index contributed by atoms with van der Waals surface area (Å²) in [5, 5.41) is 18.7. The van der Waals surface area contributed by atoms with Crippen molar-refractivity contribution in [3.05, 3.63) is 35.9 Å². The van der Waals surface area contributed by atoms with E-state index in [1.807, 2.05) is 30.3 Å². The van der Waals surface area contributed by atoms with Crippen molar-refractivity contribution in [2.45, 2.75) is 50.9 Å². The minimum atomic E-state index is -0.965. The lowest BCUT2D eigenvalue weighted by Gasteiger charge is -2.18. The second-order valence-corrected chi connectivity index (χ2v) is 4.66. The number of unbranched alkanes of at least 4 members (excludes halogenated alkanes) is 4. The van der Waals surface area contributed by atoms with E-state index in [4.69, 9.17) is 0 Å². The molecule has 0 heterocycles. The first-order valence-corrected chi connectivity index (χ1v) is 6.67. The highest BCUT2D eigenvalue weighted by atomic mass is 14.4. The van der Waals surface area contributed by atoms with Crippen LogP contribution in [0.15, 0.2) is 30.3 Å². The average molecular weight is 240 g/mol. The molecule has 0 aliphatic heterocycles. The van der Waals surface area contributed by atoms with Crippen LogP contribution in [0.4, 0.5) is 0 Å². The molecule has 0 unspecified atom stereocenters. The first kappa shape index (κ1) is 14.3. The van der Waals surface area contributed by atoms with E-state index in [1.165, 1.54) is 19.3 Å². The van der Waals surface area contributed by atoms with Crippen molar-refractivity contribution in [1.29, 1.82) is 10.5 Å². The van der Waals surface area contributed by atoms with Crippen LogP contribution < -0.4 is 0 Å². The van der Waals surface area contributed by atoms with Crippen molar-refractivity contribution in [3.63, 3.8) is 0 Å². The second kappa shape index (κ2) is 7.51. The normalized spacial score (nSPS) is 10.6. The molecule has 0 atom stereocenters. The SMILES string of the molecule is CCCCCCCC(C#N)(C#N)c1ccccc1. The van der Waals surface area contributed by atoms with Gasteiger partial charge in [0.15, 0.2) is 5.41 Å². The highest BCUT2D eigenvalue weighted by molar-refractivity contribution is 5.39. The van der Waals surface area contributed by atoms with Crippen LogP contribution in [0.3, 0.4) is 0 Å². The van der Waals surface area contributed by atoms with Crippen LogP contribution in [0.1, 0.15) is 51.0 Å². The quantitative estimate of drug-likeness (QED) is 0.666. The fraction of sp³-hybridized carbons (Fsp3) is 0.500. The Morgan fingerprint density at radius 1 is 0.944 bits per heavy atom. The first-order valence-electron chi connectivity index (χ1n) is 6.67. The number of nitriles is 2. The third-order valence-corrected chi connectivity index (χ3v) is 3.30. The predicted molar refractivity (Wildman–Crippen MR) is 72.7 cm³/mol. The van der Waals surface area contributed by atoms with Crippen molar-refractivity contribution >= 4 is 0 Å². The summed E-state index contributed by atoms with van der Waals surface area (Å²) in [4.78, 5) is 0. The third-order valence-electron chi connectivity index (χ3n) is 3.30. The maximum Gasteiger partial charge on any atom is 0.168 e. The topological polar surface area (TPSA) is 47.6 Å². The molecule has 2 nitrogen and oxygen atoms in total. The monoisotopic (exact) mass is 240 g/mol. The molecule has 0 saturated carbocycles. The van der Waals surface area contributed by atoms with Crippen LogP contribution in [0.2, 0.25) is 0 Å². The Labute approximate surface area is 110 Å². The number of hydrogen-bond acceptors (Lipinski definition) is 2. The molecule has 18 heavy (non-hydrogen) atoms. The standard InChI is InChI=1S/C16H20N2/c1-2-3-4-5-9-12-16(13-17,14-18)15-10-7-6-8-11-15/h6-8,10-11H,2-5,9,12H2,1H3. The van der Waals surface area contributed by atoms with Gasteiger partial charge in [0, 0.05) is 0 Å². The Kier molecular flexibility index (Phi) is 5.95. The van der Waals surface area contributed by atoms with Crippen molar-refractivity contribution in [3.8, 4) is 12.1 Å². The van der Waals surface area contributed by atoms with E-state index in [2.05, 4.69) is 19.1 Å². The third kappa shape index (κ3) is 3.60. The van der Waals surface area contributed by atoms with Gasteiger partial charge in [-0.2, -0.15) is 10.5 Å². The fourth-order valence-electron chi connectivity index (χ4n) is 2.13. The van der Waals surface area contributed by atoms with E-state index in [1.54, 1.807) is 0 Å². The van der Waals surface area contributed by atoms with Crippen LogP contribution in [-0.4, -0.2) is 0 Å². The molecule has 94 valence electrons. The lowest BCUT2D eigenvalue weighted by molar-refractivity contribution is 0.541. The van der Waals surface area contributed by atoms with Gasteiger partial charge in [-0.15, -0.1) is 0 Å². The van der Waals surface area contributed by atoms with Gasteiger partial charge in [-0.05, 0) is 12.0 Å². The molecule has 0 amide bonds. The van der Waals surface area contributed by atoms with Gasteiger partial charge in [0.05, 0.1) is 12.1 Å². The Morgan fingerprint density at radius 3 is 2.11 bits per heavy atom. The maximum atomic E-state index is 9.36. The predicted octanol–water partition coefficient (Wildman–Crippen LogP) is 4.33. The molecule has 0 aliphatic rings. The number of hydrogen-bond donors (Lipinski definition) is 0.